The van der Waals surface area contributed by atoms with Crippen molar-refractivity contribution in [2.24, 2.45) is 0 Å². The SMILES string of the molecule is CCCC(=O)Nc1ccc2c(c1)B(O)OC2. The number of carbonyl (C=O) groups excluding carboxylic acids is 1. The van der Waals surface area contributed by atoms with Gasteiger partial charge in [-0.25, -0.2) is 0 Å². The highest BCUT2D eigenvalue weighted by Gasteiger charge is 2.27. The Bertz CT molecular complexity index is 408. The molecule has 0 aliphatic carbocycles. The monoisotopic (exact) mass is 219 g/mol. The van der Waals surface area contributed by atoms with E-state index in [2.05, 4.69) is 5.32 Å². The van der Waals surface area contributed by atoms with Crippen molar-refractivity contribution in [1.82, 2.24) is 0 Å². The van der Waals surface area contributed by atoms with E-state index in [-0.39, 0.29) is 5.91 Å². The highest BCUT2D eigenvalue weighted by atomic mass is 16.5. The minimum atomic E-state index is -0.863. The molecule has 0 unspecified atom stereocenters. The predicted molar refractivity (Wildman–Crippen MR) is 62.4 cm³/mol. The van der Waals surface area contributed by atoms with Gasteiger partial charge >= 0.3 is 7.12 Å². The molecule has 0 saturated carbocycles. The molecule has 1 amide bonds. The largest absolute Gasteiger partial charge is 0.491 e. The number of nitrogens with one attached hydrogen (secondary N) is 1. The number of hydrogen-bond donors (Lipinski definition) is 2. The van der Waals surface area contributed by atoms with Crippen LogP contribution in [0, 0.1) is 0 Å². The van der Waals surface area contributed by atoms with Crippen LogP contribution in [0.1, 0.15) is 25.3 Å². The van der Waals surface area contributed by atoms with Crippen molar-refractivity contribution in [2.45, 2.75) is 26.4 Å². The number of anilines is 1. The maximum atomic E-state index is 11.4. The molecule has 0 saturated heterocycles. The van der Waals surface area contributed by atoms with E-state index in [1.165, 1.54) is 0 Å². The van der Waals surface area contributed by atoms with Crippen molar-refractivity contribution in [2.75, 3.05) is 5.32 Å². The van der Waals surface area contributed by atoms with Gasteiger partial charge in [-0.3, -0.25) is 4.79 Å². The minimum absolute atomic E-state index is 0.00384. The van der Waals surface area contributed by atoms with Crippen LogP contribution < -0.4 is 10.8 Å². The van der Waals surface area contributed by atoms with Crippen LogP contribution in [0.4, 0.5) is 5.69 Å². The smallest absolute Gasteiger partial charge is 0.423 e. The van der Waals surface area contributed by atoms with E-state index in [1.807, 2.05) is 19.1 Å². The van der Waals surface area contributed by atoms with Gasteiger partial charge in [0.1, 0.15) is 0 Å². The Kier molecular flexibility index (Phi) is 3.26. The highest BCUT2D eigenvalue weighted by molar-refractivity contribution is 6.61. The maximum absolute atomic E-state index is 11.4. The summed E-state index contributed by atoms with van der Waals surface area (Å²) in [7, 11) is -0.863. The van der Waals surface area contributed by atoms with Crippen LogP contribution in [0.3, 0.4) is 0 Å². The lowest BCUT2D eigenvalue weighted by molar-refractivity contribution is -0.116. The fourth-order valence-electron chi connectivity index (χ4n) is 1.74. The van der Waals surface area contributed by atoms with E-state index in [4.69, 9.17) is 4.65 Å². The number of carbonyl (C=O) groups is 1. The summed E-state index contributed by atoms with van der Waals surface area (Å²) < 4.78 is 5.07. The quantitative estimate of drug-likeness (QED) is 0.733. The third-order valence-corrected chi connectivity index (χ3v) is 2.57. The summed E-state index contributed by atoms with van der Waals surface area (Å²) in [4.78, 5) is 11.4. The fraction of sp³-hybridized carbons (Fsp3) is 0.364. The molecule has 0 spiro atoms. The topological polar surface area (TPSA) is 58.6 Å². The van der Waals surface area contributed by atoms with Crippen LogP contribution >= 0.6 is 0 Å². The third-order valence-electron chi connectivity index (χ3n) is 2.57. The summed E-state index contributed by atoms with van der Waals surface area (Å²) in [6.45, 7) is 2.39. The van der Waals surface area contributed by atoms with Gasteiger partial charge in [-0.05, 0) is 29.6 Å². The first-order chi connectivity index (χ1) is 7.70. The van der Waals surface area contributed by atoms with Gasteiger partial charge in [0.2, 0.25) is 5.91 Å². The first-order valence-electron chi connectivity index (χ1n) is 5.43. The summed E-state index contributed by atoms with van der Waals surface area (Å²) in [5.74, 6) is -0.00384. The van der Waals surface area contributed by atoms with Crippen LogP contribution in [-0.2, 0) is 16.1 Å². The number of rotatable bonds is 3. The molecule has 16 heavy (non-hydrogen) atoms. The molecule has 1 aromatic carbocycles. The Morgan fingerprint density at radius 1 is 1.62 bits per heavy atom. The maximum Gasteiger partial charge on any atom is 0.491 e. The van der Waals surface area contributed by atoms with Crippen LogP contribution in [-0.4, -0.2) is 18.0 Å². The van der Waals surface area contributed by atoms with E-state index in [0.29, 0.717) is 18.7 Å². The van der Waals surface area contributed by atoms with Gasteiger partial charge in [0.15, 0.2) is 0 Å². The van der Waals surface area contributed by atoms with Gasteiger partial charge in [-0.15, -0.1) is 0 Å². The molecular formula is C11H14BNO3. The van der Waals surface area contributed by atoms with Crippen LogP contribution in [0.5, 0.6) is 0 Å². The average molecular weight is 219 g/mol. The Morgan fingerprint density at radius 2 is 2.44 bits per heavy atom. The zero-order chi connectivity index (χ0) is 11.5. The number of amides is 1. The van der Waals surface area contributed by atoms with Gasteiger partial charge in [0, 0.05) is 12.1 Å². The molecule has 1 aliphatic heterocycles. The molecule has 0 aromatic heterocycles. The molecule has 5 heteroatoms. The van der Waals surface area contributed by atoms with Gasteiger partial charge in [-0.1, -0.05) is 13.0 Å². The lowest BCUT2D eigenvalue weighted by Gasteiger charge is -2.06. The van der Waals surface area contributed by atoms with Crippen molar-refractivity contribution in [3.8, 4) is 0 Å². The lowest BCUT2D eigenvalue weighted by atomic mass is 9.79. The highest BCUT2D eigenvalue weighted by Crippen LogP contribution is 2.14. The molecule has 0 radical (unpaired) electrons. The van der Waals surface area contributed by atoms with Gasteiger partial charge in [0.05, 0.1) is 6.61 Å². The molecule has 1 heterocycles. The van der Waals surface area contributed by atoms with Crippen LogP contribution in [0.25, 0.3) is 0 Å². The Labute approximate surface area is 94.8 Å². The number of benzene rings is 1. The molecule has 1 aromatic rings. The Morgan fingerprint density at radius 3 is 3.19 bits per heavy atom. The second-order valence-corrected chi connectivity index (χ2v) is 3.88. The lowest BCUT2D eigenvalue weighted by Crippen LogP contribution is -2.28. The van der Waals surface area contributed by atoms with Crippen molar-refractivity contribution in [3.05, 3.63) is 23.8 Å². The summed E-state index contributed by atoms with van der Waals surface area (Å²) in [5.41, 5.74) is 2.43. The van der Waals surface area contributed by atoms with Gasteiger partial charge in [0.25, 0.3) is 0 Å². The Hall–Kier alpha value is -1.33. The van der Waals surface area contributed by atoms with Gasteiger partial charge < -0.3 is 15.0 Å². The average Bonchev–Trinajstić information content (AvgIpc) is 2.61. The van der Waals surface area contributed by atoms with Gasteiger partial charge in [-0.2, -0.15) is 0 Å². The molecule has 4 nitrogen and oxygen atoms in total. The van der Waals surface area contributed by atoms with Crippen molar-refractivity contribution in [1.29, 1.82) is 0 Å². The second-order valence-electron chi connectivity index (χ2n) is 3.88. The molecular weight excluding hydrogens is 205 g/mol. The van der Waals surface area contributed by atoms with E-state index >= 15 is 0 Å². The predicted octanol–water partition coefficient (Wildman–Crippen LogP) is 0.643. The van der Waals surface area contributed by atoms with Crippen molar-refractivity contribution < 1.29 is 14.5 Å². The number of hydrogen-bond acceptors (Lipinski definition) is 3. The molecule has 1 aliphatic rings. The third kappa shape index (κ3) is 2.26. The zero-order valence-corrected chi connectivity index (χ0v) is 9.19. The first kappa shape index (κ1) is 11.2. The number of fused-ring (bicyclic) bond motifs is 1. The summed E-state index contributed by atoms with van der Waals surface area (Å²) in [5, 5.41) is 12.3. The zero-order valence-electron chi connectivity index (χ0n) is 9.19. The molecule has 2 rings (SSSR count). The molecule has 0 atom stereocenters. The molecule has 0 fully saturated rings. The fourth-order valence-corrected chi connectivity index (χ4v) is 1.74. The standard InChI is InChI=1S/C11H14BNO3/c1-2-3-11(14)13-9-5-4-8-7-16-12(15)10(8)6-9/h4-6,15H,2-3,7H2,1H3,(H,13,14). The molecule has 2 N–H and O–H groups in total. The van der Waals surface area contributed by atoms with E-state index in [0.717, 1.165) is 17.4 Å². The second kappa shape index (κ2) is 4.68. The Balaban J connectivity index is 2.12. The minimum Gasteiger partial charge on any atom is -0.423 e. The van der Waals surface area contributed by atoms with Crippen LogP contribution in [0.15, 0.2) is 18.2 Å². The van der Waals surface area contributed by atoms with E-state index in [1.54, 1.807) is 6.07 Å². The van der Waals surface area contributed by atoms with Crippen LogP contribution in [0.2, 0.25) is 0 Å². The molecule has 0 bridgehead atoms. The van der Waals surface area contributed by atoms with E-state index in [9.17, 15) is 9.82 Å². The van der Waals surface area contributed by atoms with Crippen molar-refractivity contribution in [3.63, 3.8) is 0 Å². The summed E-state index contributed by atoms with van der Waals surface area (Å²) >= 11 is 0. The first-order valence-corrected chi connectivity index (χ1v) is 5.43. The van der Waals surface area contributed by atoms with E-state index < -0.39 is 7.12 Å². The molecule has 84 valence electrons. The summed E-state index contributed by atoms with van der Waals surface area (Å²) in [6, 6.07) is 5.46. The summed E-state index contributed by atoms with van der Waals surface area (Å²) in [6.07, 6.45) is 1.33. The van der Waals surface area contributed by atoms with Crippen molar-refractivity contribution >= 4 is 24.2 Å². The normalized spacial score (nSPS) is 13.8.